The Balaban J connectivity index is 1.60. The number of rotatable bonds is 11. The third kappa shape index (κ3) is 6.30. The number of nitrogens with one attached hydrogen (secondary N) is 2. The smallest absolute Gasteiger partial charge is 0.251 e. The van der Waals surface area contributed by atoms with Crippen LogP contribution in [0.5, 0.6) is 0 Å². The van der Waals surface area contributed by atoms with Gasteiger partial charge in [0.05, 0.1) is 29.9 Å². The first kappa shape index (κ1) is 30.3. The molecule has 2 fully saturated rings. The molecule has 3 unspecified atom stereocenters. The Morgan fingerprint density at radius 2 is 1.90 bits per heavy atom. The fourth-order valence-electron chi connectivity index (χ4n) is 7.01. The zero-order chi connectivity index (χ0) is 29.0. The number of likely N-dealkylation sites (N-methyl/N-ethyl adjacent to an activating group) is 1. The van der Waals surface area contributed by atoms with Gasteiger partial charge in [0, 0.05) is 62.9 Å². The summed E-state index contributed by atoms with van der Waals surface area (Å²) in [6, 6.07) is 3.16. The maximum atomic E-state index is 13.8. The Morgan fingerprint density at radius 1 is 1.20 bits per heavy atom. The third-order valence-corrected chi connectivity index (χ3v) is 9.36. The maximum absolute atomic E-state index is 13.8. The van der Waals surface area contributed by atoms with Gasteiger partial charge in [-0.25, -0.2) is 0 Å². The quantitative estimate of drug-likeness (QED) is 0.440. The van der Waals surface area contributed by atoms with Crippen molar-refractivity contribution in [3.63, 3.8) is 0 Å². The van der Waals surface area contributed by atoms with E-state index in [1.807, 2.05) is 30.9 Å². The molecule has 1 aromatic heterocycles. The molecule has 1 aliphatic heterocycles. The van der Waals surface area contributed by atoms with Crippen LogP contribution in [-0.4, -0.2) is 85.0 Å². The Bertz CT molecular complexity index is 1170. The van der Waals surface area contributed by atoms with Crippen LogP contribution in [0.15, 0.2) is 12.3 Å². The van der Waals surface area contributed by atoms with E-state index in [1.54, 1.807) is 7.11 Å². The van der Waals surface area contributed by atoms with Gasteiger partial charge < -0.3 is 25.2 Å². The number of ether oxygens (including phenoxy) is 1. The Morgan fingerprint density at radius 3 is 2.52 bits per heavy atom. The summed E-state index contributed by atoms with van der Waals surface area (Å²) in [6.45, 7) is 11.4. The van der Waals surface area contributed by atoms with E-state index in [0.29, 0.717) is 24.2 Å². The van der Waals surface area contributed by atoms with Crippen molar-refractivity contribution in [2.45, 2.75) is 84.3 Å². The molecule has 9 nitrogen and oxygen atoms in total. The van der Waals surface area contributed by atoms with E-state index in [4.69, 9.17) is 4.74 Å². The summed E-state index contributed by atoms with van der Waals surface area (Å²) in [4.78, 5) is 31.4. The number of aromatic nitrogens is 2. The SMILES string of the molecule is CCc1c(C(=O)NCC2C(=O)NC(C)CC2C)cc2c(cnn2C)c1N(CC)C1CCC(N(C)CCOC)CC1. The number of hydrogen-bond donors (Lipinski definition) is 2. The van der Waals surface area contributed by atoms with Crippen LogP contribution < -0.4 is 15.5 Å². The van der Waals surface area contributed by atoms with Crippen molar-refractivity contribution in [3.8, 4) is 0 Å². The van der Waals surface area contributed by atoms with E-state index < -0.39 is 0 Å². The lowest BCUT2D eigenvalue weighted by Crippen LogP contribution is -2.50. The molecule has 9 heteroatoms. The number of anilines is 1. The average molecular weight is 555 g/mol. The number of carbonyl (C=O) groups is 2. The van der Waals surface area contributed by atoms with Crippen LogP contribution >= 0.6 is 0 Å². The lowest BCUT2D eigenvalue weighted by molar-refractivity contribution is -0.129. The van der Waals surface area contributed by atoms with Crippen molar-refractivity contribution in [3.05, 3.63) is 23.4 Å². The van der Waals surface area contributed by atoms with E-state index in [0.717, 1.165) is 80.4 Å². The molecule has 2 N–H and O–H groups in total. The molecule has 222 valence electrons. The molecule has 1 saturated heterocycles. The molecule has 2 aliphatic rings. The highest BCUT2D eigenvalue weighted by atomic mass is 16.5. The van der Waals surface area contributed by atoms with Crippen LogP contribution in [0.1, 0.15) is 75.7 Å². The minimum absolute atomic E-state index is 0.0330. The molecule has 1 aliphatic carbocycles. The number of aryl methyl sites for hydroxylation is 1. The molecule has 40 heavy (non-hydrogen) atoms. The zero-order valence-electron chi connectivity index (χ0n) is 25.6. The summed E-state index contributed by atoms with van der Waals surface area (Å²) in [6.07, 6.45) is 8.15. The molecular weight excluding hydrogens is 504 g/mol. The topological polar surface area (TPSA) is 91.7 Å². The number of nitrogens with zero attached hydrogens (tertiary/aromatic N) is 4. The standard InChI is InChI=1S/C31H50N6O3/c1-8-24-25(30(38)32-18-26-20(3)16-21(4)34-31(26)39)17-28-27(19-33-36(28)6)29(24)37(9-2)23-12-10-22(11-13-23)35(5)14-15-40-7/h17,19-23,26H,8-16,18H2,1-7H3,(H,32,38)(H,34,39). The first-order valence-electron chi connectivity index (χ1n) is 15.2. The second-order valence-electron chi connectivity index (χ2n) is 12.0. The van der Waals surface area contributed by atoms with Crippen LogP contribution in [0.25, 0.3) is 10.9 Å². The number of amides is 2. The summed E-state index contributed by atoms with van der Waals surface area (Å²) in [5, 5.41) is 11.9. The fraction of sp³-hybridized carbons (Fsp3) is 0.710. The van der Waals surface area contributed by atoms with Crippen LogP contribution in [0, 0.1) is 11.8 Å². The van der Waals surface area contributed by atoms with Crippen molar-refractivity contribution in [2.24, 2.45) is 18.9 Å². The number of methoxy groups -OCH3 is 1. The van der Waals surface area contributed by atoms with Crippen LogP contribution in [0.4, 0.5) is 5.69 Å². The minimum Gasteiger partial charge on any atom is -0.383 e. The fourth-order valence-corrected chi connectivity index (χ4v) is 7.01. The van der Waals surface area contributed by atoms with Gasteiger partial charge in [0.15, 0.2) is 0 Å². The van der Waals surface area contributed by atoms with Crippen molar-refractivity contribution in [1.29, 1.82) is 0 Å². The molecule has 0 radical (unpaired) electrons. The van der Waals surface area contributed by atoms with Crippen LogP contribution in [0.3, 0.4) is 0 Å². The highest BCUT2D eigenvalue weighted by Crippen LogP contribution is 2.38. The van der Waals surface area contributed by atoms with Gasteiger partial charge in [0.25, 0.3) is 5.91 Å². The molecule has 0 bridgehead atoms. The van der Waals surface area contributed by atoms with Crippen molar-refractivity contribution in [1.82, 2.24) is 25.3 Å². The van der Waals surface area contributed by atoms with Gasteiger partial charge in [-0.05, 0) is 77.0 Å². The second-order valence-corrected chi connectivity index (χ2v) is 12.0. The Hall–Kier alpha value is -2.65. The molecule has 2 amide bonds. The van der Waals surface area contributed by atoms with Crippen LogP contribution in [-0.2, 0) is 23.0 Å². The van der Waals surface area contributed by atoms with Crippen LogP contribution in [0.2, 0.25) is 0 Å². The van der Waals surface area contributed by atoms with E-state index in [9.17, 15) is 9.59 Å². The van der Waals surface area contributed by atoms with Crippen molar-refractivity contribution >= 4 is 28.4 Å². The molecule has 2 heterocycles. The first-order chi connectivity index (χ1) is 19.2. The minimum atomic E-state index is -0.213. The lowest BCUT2D eigenvalue weighted by atomic mass is 9.84. The maximum Gasteiger partial charge on any atom is 0.251 e. The summed E-state index contributed by atoms with van der Waals surface area (Å²) in [7, 11) is 5.90. The highest BCUT2D eigenvalue weighted by molar-refractivity contribution is 6.05. The van der Waals surface area contributed by atoms with Gasteiger partial charge in [-0.2, -0.15) is 5.10 Å². The zero-order valence-corrected chi connectivity index (χ0v) is 25.6. The Kier molecular flexibility index (Phi) is 10.1. The monoisotopic (exact) mass is 554 g/mol. The average Bonchev–Trinajstić information content (AvgIpc) is 3.31. The highest BCUT2D eigenvalue weighted by Gasteiger charge is 2.34. The van der Waals surface area contributed by atoms with Crippen molar-refractivity contribution < 1.29 is 14.3 Å². The lowest BCUT2D eigenvalue weighted by Gasteiger charge is -2.41. The normalized spacial score (nSPS) is 25.3. The largest absolute Gasteiger partial charge is 0.383 e. The Labute approximate surface area is 240 Å². The predicted octanol–water partition coefficient (Wildman–Crippen LogP) is 3.74. The third-order valence-electron chi connectivity index (χ3n) is 9.36. The van der Waals surface area contributed by atoms with Gasteiger partial charge in [-0.1, -0.05) is 13.8 Å². The predicted molar refractivity (Wildman–Crippen MR) is 161 cm³/mol. The first-order valence-corrected chi connectivity index (χ1v) is 15.2. The van der Waals surface area contributed by atoms with Gasteiger partial charge in [0.1, 0.15) is 0 Å². The number of benzene rings is 1. The summed E-state index contributed by atoms with van der Waals surface area (Å²) in [5.74, 6) is -0.0662. The molecule has 0 spiro atoms. The second kappa shape index (κ2) is 13.3. The number of hydrogen-bond acceptors (Lipinski definition) is 6. The molecular formula is C31H50N6O3. The van der Waals surface area contributed by atoms with Crippen molar-refractivity contribution in [2.75, 3.05) is 45.3 Å². The molecule has 1 saturated carbocycles. The molecule has 2 aromatic rings. The van der Waals surface area contributed by atoms with Gasteiger partial charge in [-0.15, -0.1) is 0 Å². The summed E-state index contributed by atoms with van der Waals surface area (Å²) in [5.41, 5.74) is 3.86. The van der Waals surface area contributed by atoms with Gasteiger partial charge in [0.2, 0.25) is 5.91 Å². The number of piperidine rings is 1. The van der Waals surface area contributed by atoms with E-state index in [2.05, 4.69) is 53.4 Å². The number of carbonyl (C=O) groups excluding carboxylic acids is 2. The summed E-state index contributed by atoms with van der Waals surface area (Å²) < 4.78 is 7.16. The van der Waals surface area contributed by atoms with Gasteiger partial charge >= 0.3 is 0 Å². The summed E-state index contributed by atoms with van der Waals surface area (Å²) >= 11 is 0. The molecule has 1 aromatic carbocycles. The van der Waals surface area contributed by atoms with E-state index >= 15 is 0 Å². The van der Waals surface area contributed by atoms with E-state index in [1.165, 1.54) is 0 Å². The molecule has 3 atom stereocenters. The van der Waals surface area contributed by atoms with E-state index in [-0.39, 0.29) is 29.7 Å². The molecule has 4 rings (SSSR count). The number of fused-ring (bicyclic) bond motifs is 1. The van der Waals surface area contributed by atoms with Gasteiger partial charge in [-0.3, -0.25) is 14.3 Å².